The smallest absolute Gasteiger partial charge is 0.335 e. The van der Waals surface area contributed by atoms with Gasteiger partial charge in [-0.15, -0.1) is 0 Å². The van der Waals surface area contributed by atoms with Gasteiger partial charge in [0.15, 0.2) is 0 Å². The van der Waals surface area contributed by atoms with Gasteiger partial charge in [-0.2, -0.15) is 0 Å². The summed E-state index contributed by atoms with van der Waals surface area (Å²) in [6.45, 7) is 1.31. The summed E-state index contributed by atoms with van der Waals surface area (Å²) >= 11 is 0. The Labute approximate surface area is 159 Å². The van der Waals surface area contributed by atoms with E-state index in [-0.39, 0.29) is 24.5 Å². The van der Waals surface area contributed by atoms with Crippen molar-refractivity contribution < 1.29 is 23.4 Å². The van der Waals surface area contributed by atoms with Gasteiger partial charge in [-0.25, -0.2) is 18.6 Å². The average molecular weight is 387 g/mol. The number of fused-ring (bicyclic) bond motifs is 1. The third-order valence-electron chi connectivity index (χ3n) is 4.81. The van der Waals surface area contributed by atoms with E-state index in [1.165, 1.54) is 12.1 Å². The van der Waals surface area contributed by atoms with Crippen molar-refractivity contribution in [1.29, 1.82) is 0 Å². The molecule has 1 fully saturated rings. The van der Waals surface area contributed by atoms with Crippen molar-refractivity contribution in [3.05, 3.63) is 65.2 Å². The molecule has 8 heteroatoms. The number of ether oxygens (including phenoxy) is 1. The summed E-state index contributed by atoms with van der Waals surface area (Å²) < 4.78 is 33.3. The summed E-state index contributed by atoms with van der Waals surface area (Å²) in [5.41, 5.74) is 2.35. The minimum Gasteiger partial charge on any atom is -0.478 e. The van der Waals surface area contributed by atoms with Crippen molar-refractivity contribution in [2.75, 3.05) is 13.1 Å². The fraction of sp³-hybridized carbons (Fsp3) is 0.300. The summed E-state index contributed by atoms with van der Waals surface area (Å²) in [6, 6.07) is 10.8. The summed E-state index contributed by atoms with van der Waals surface area (Å²) in [4.78, 5) is 20.1. The summed E-state index contributed by atoms with van der Waals surface area (Å²) in [5.74, 6) is -0.802. The van der Waals surface area contributed by atoms with Gasteiger partial charge in [0, 0.05) is 19.6 Å². The fourth-order valence-corrected chi connectivity index (χ4v) is 3.39. The highest BCUT2D eigenvalue weighted by molar-refractivity contribution is 5.87. The van der Waals surface area contributed by atoms with E-state index in [2.05, 4.69) is 9.97 Å². The number of aromatic carboxylic acids is 1. The van der Waals surface area contributed by atoms with E-state index in [0.717, 1.165) is 5.56 Å². The van der Waals surface area contributed by atoms with Crippen molar-refractivity contribution in [3.63, 3.8) is 0 Å². The van der Waals surface area contributed by atoms with Crippen molar-refractivity contribution in [1.82, 2.24) is 14.9 Å². The molecule has 1 saturated heterocycles. The molecule has 1 aromatic heterocycles. The first-order valence-electron chi connectivity index (χ1n) is 8.92. The lowest BCUT2D eigenvalue weighted by Gasteiger charge is -2.15. The lowest BCUT2D eigenvalue weighted by Crippen LogP contribution is -2.24. The Hall–Kier alpha value is -2.84. The molecule has 0 spiro atoms. The molecule has 146 valence electrons. The fourth-order valence-electron chi connectivity index (χ4n) is 3.39. The van der Waals surface area contributed by atoms with Gasteiger partial charge in [0.1, 0.15) is 30.5 Å². The van der Waals surface area contributed by atoms with Crippen LogP contribution >= 0.6 is 0 Å². The Morgan fingerprint density at radius 2 is 2.04 bits per heavy atom. The summed E-state index contributed by atoms with van der Waals surface area (Å²) in [5, 5.41) is 8.94. The SMILES string of the molecule is O=C(O)c1ccc(CN2CC(F)C(OCc3nc4ccc(F)cc4[nH]3)C2)cc1. The Bertz CT molecular complexity index is 990. The first kappa shape index (κ1) is 18.5. The van der Waals surface area contributed by atoms with Gasteiger partial charge in [-0.05, 0) is 35.9 Å². The lowest BCUT2D eigenvalue weighted by molar-refractivity contribution is 0.00864. The van der Waals surface area contributed by atoms with Crippen LogP contribution in [-0.4, -0.2) is 51.3 Å². The maximum Gasteiger partial charge on any atom is 0.335 e. The monoisotopic (exact) mass is 387 g/mol. The molecule has 4 rings (SSSR count). The lowest BCUT2D eigenvalue weighted by atomic mass is 10.1. The highest BCUT2D eigenvalue weighted by Crippen LogP contribution is 2.21. The number of imidazole rings is 1. The van der Waals surface area contributed by atoms with Crippen LogP contribution < -0.4 is 0 Å². The van der Waals surface area contributed by atoms with Crippen LogP contribution in [0.3, 0.4) is 0 Å². The van der Waals surface area contributed by atoms with Crippen LogP contribution in [0.25, 0.3) is 11.0 Å². The number of likely N-dealkylation sites (tertiary alicyclic amines) is 1. The molecule has 0 saturated carbocycles. The minimum absolute atomic E-state index is 0.114. The third kappa shape index (κ3) is 4.02. The van der Waals surface area contributed by atoms with Crippen LogP contribution in [0, 0.1) is 5.82 Å². The van der Waals surface area contributed by atoms with Gasteiger partial charge in [-0.3, -0.25) is 4.90 Å². The van der Waals surface area contributed by atoms with E-state index in [0.29, 0.717) is 29.9 Å². The van der Waals surface area contributed by atoms with Crippen LogP contribution in [-0.2, 0) is 17.9 Å². The maximum atomic E-state index is 14.3. The largest absolute Gasteiger partial charge is 0.478 e. The van der Waals surface area contributed by atoms with E-state index in [1.54, 1.807) is 30.3 Å². The second-order valence-corrected chi connectivity index (χ2v) is 6.91. The number of aromatic amines is 1. The normalized spacial score (nSPS) is 20.1. The Kier molecular flexibility index (Phi) is 5.06. The number of carboxylic acids is 1. The molecule has 2 atom stereocenters. The van der Waals surface area contributed by atoms with Gasteiger partial charge >= 0.3 is 5.97 Å². The molecule has 6 nitrogen and oxygen atoms in total. The summed E-state index contributed by atoms with van der Waals surface area (Å²) in [6.07, 6.45) is -1.71. The van der Waals surface area contributed by atoms with Crippen LogP contribution in [0.15, 0.2) is 42.5 Å². The molecule has 1 aliphatic heterocycles. The Morgan fingerprint density at radius 1 is 1.25 bits per heavy atom. The molecule has 0 amide bonds. The highest BCUT2D eigenvalue weighted by Gasteiger charge is 2.33. The van der Waals surface area contributed by atoms with E-state index < -0.39 is 18.2 Å². The second-order valence-electron chi connectivity index (χ2n) is 6.91. The molecule has 0 bridgehead atoms. The number of carbonyl (C=O) groups is 1. The Balaban J connectivity index is 1.33. The molecule has 3 aromatic rings. The predicted octanol–water partition coefficient (Wildman–Crippen LogP) is 3.14. The molecule has 2 unspecified atom stereocenters. The molecule has 2 heterocycles. The number of alkyl halides is 1. The molecule has 0 radical (unpaired) electrons. The highest BCUT2D eigenvalue weighted by atomic mass is 19.1. The summed E-state index contributed by atoms with van der Waals surface area (Å²) in [7, 11) is 0. The zero-order chi connectivity index (χ0) is 19.7. The van der Waals surface area contributed by atoms with Crippen molar-refractivity contribution in [2.45, 2.75) is 25.4 Å². The van der Waals surface area contributed by atoms with Crippen molar-refractivity contribution in [3.8, 4) is 0 Å². The van der Waals surface area contributed by atoms with Gasteiger partial charge in [0.05, 0.1) is 16.6 Å². The first-order valence-corrected chi connectivity index (χ1v) is 8.92. The number of nitrogens with zero attached hydrogens (tertiary/aromatic N) is 2. The molecule has 2 N–H and O–H groups in total. The van der Waals surface area contributed by atoms with Crippen LogP contribution in [0.5, 0.6) is 0 Å². The molecule has 1 aliphatic rings. The zero-order valence-corrected chi connectivity index (χ0v) is 14.9. The molecule has 2 aromatic carbocycles. The quantitative estimate of drug-likeness (QED) is 0.679. The number of halogens is 2. The Morgan fingerprint density at radius 3 is 2.79 bits per heavy atom. The van der Waals surface area contributed by atoms with Crippen molar-refractivity contribution >= 4 is 17.0 Å². The maximum absolute atomic E-state index is 14.3. The van der Waals surface area contributed by atoms with Crippen LogP contribution in [0.4, 0.5) is 8.78 Å². The van der Waals surface area contributed by atoms with Crippen LogP contribution in [0.2, 0.25) is 0 Å². The van der Waals surface area contributed by atoms with Gasteiger partial charge in [0.25, 0.3) is 0 Å². The van der Waals surface area contributed by atoms with Gasteiger partial charge < -0.3 is 14.8 Å². The zero-order valence-electron chi connectivity index (χ0n) is 14.9. The molecular weight excluding hydrogens is 368 g/mol. The van der Waals surface area contributed by atoms with E-state index >= 15 is 0 Å². The van der Waals surface area contributed by atoms with E-state index in [1.807, 2.05) is 4.90 Å². The number of H-pyrrole nitrogens is 1. The molecular formula is C20H19F2N3O3. The predicted molar refractivity (Wildman–Crippen MR) is 98.2 cm³/mol. The molecule has 28 heavy (non-hydrogen) atoms. The number of aromatic nitrogens is 2. The number of rotatable bonds is 6. The number of carboxylic acid groups (broad SMARTS) is 1. The third-order valence-corrected chi connectivity index (χ3v) is 4.81. The minimum atomic E-state index is -1.12. The standard InChI is InChI=1S/C20H19F2N3O3/c21-14-5-6-16-17(7-14)24-19(23-16)11-28-18-10-25(9-15(18)22)8-12-1-3-13(4-2-12)20(26)27/h1-7,15,18H,8-11H2,(H,23,24)(H,26,27). The van der Waals surface area contributed by atoms with Gasteiger partial charge in [-0.1, -0.05) is 12.1 Å². The van der Waals surface area contributed by atoms with Crippen LogP contribution in [0.1, 0.15) is 21.7 Å². The molecule has 0 aliphatic carbocycles. The van der Waals surface area contributed by atoms with E-state index in [9.17, 15) is 13.6 Å². The average Bonchev–Trinajstić information content (AvgIpc) is 3.22. The topological polar surface area (TPSA) is 78.4 Å². The number of nitrogens with one attached hydrogen (secondary N) is 1. The number of hydrogen-bond acceptors (Lipinski definition) is 4. The second kappa shape index (κ2) is 7.65. The van der Waals surface area contributed by atoms with Crippen molar-refractivity contribution in [2.24, 2.45) is 0 Å². The number of hydrogen-bond donors (Lipinski definition) is 2. The van der Waals surface area contributed by atoms with E-state index in [4.69, 9.17) is 9.84 Å². The first-order chi connectivity index (χ1) is 13.5. The number of benzene rings is 2. The van der Waals surface area contributed by atoms with Gasteiger partial charge in [0.2, 0.25) is 0 Å².